The van der Waals surface area contributed by atoms with Crippen LogP contribution in [-0.2, 0) is 4.79 Å². The van der Waals surface area contributed by atoms with E-state index in [0.29, 0.717) is 23.7 Å². The minimum Gasteiger partial charge on any atom is -0.353 e. The number of amides is 2. The lowest BCUT2D eigenvalue weighted by atomic mass is 10.2. The topological polar surface area (TPSA) is 78.4 Å². The Morgan fingerprint density at radius 3 is 2.48 bits per heavy atom. The summed E-state index contributed by atoms with van der Waals surface area (Å²) < 4.78 is 0. The Bertz CT molecular complexity index is 794. The van der Waals surface area contributed by atoms with Crippen molar-refractivity contribution in [3.63, 3.8) is 0 Å². The molecule has 27 heavy (non-hydrogen) atoms. The number of anilines is 1. The Labute approximate surface area is 163 Å². The van der Waals surface area contributed by atoms with Crippen LogP contribution in [0.4, 0.5) is 5.82 Å². The quantitative estimate of drug-likeness (QED) is 0.789. The van der Waals surface area contributed by atoms with Crippen molar-refractivity contribution in [1.29, 1.82) is 0 Å². The van der Waals surface area contributed by atoms with E-state index in [1.165, 1.54) is 11.8 Å². The monoisotopic (exact) mass is 385 g/mol. The SMILES string of the molecule is CSc1ncccc1C(=O)N[C@@H](C)C(=O)N1CCN(c2ccccn2)CC1. The molecule has 142 valence electrons. The molecule has 0 bridgehead atoms. The van der Waals surface area contributed by atoms with Gasteiger partial charge < -0.3 is 15.1 Å². The fourth-order valence-electron chi connectivity index (χ4n) is 3.03. The van der Waals surface area contributed by atoms with Crippen LogP contribution in [0.3, 0.4) is 0 Å². The normalized spacial score (nSPS) is 15.3. The van der Waals surface area contributed by atoms with E-state index in [9.17, 15) is 9.59 Å². The van der Waals surface area contributed by atoms with Gasteiger partial charge in [-0.15, -0.1) is 11.8 Å². The number of carbonyl (C=O) groups excluding carboxylic acids is 2. The summed E-state index contributed by atoms with van der Waals surface area (Å²) in [7, 11) is 0. The zero-order valence-corrected chi connectivity index (χ0v) is 16.3. The summed E-state index contributed by atoms with van der Waals surface area (Å²) in [6, 6.07) is 8.66. The van der Waals surface area contributed by atoms with Crippen molar-refractivity contribution < 1.29 is 9.59 Å². The van der Waals surface area contributed by atoms with Gasteiger partial charge in [-0.05, 0) is 37.4 Å². The maximum Gasteiger partial charge on any atom is 0.254 e. The second kappa shape index (κ2) is 8.85. The first-order chi connectivity index (χ1) is 13.1. The third-order valence-corrected chi connectivity index (χ3v) is 5.20. The predicted octanol–water partition coefficient (Wildman–Crippen LogP) is 1.67. The lowest BCUT2D eigenvalue weighted by Crippen LogP contribution is -2.54. The van der Waals surface area contributed by atoms with Crippen molar-refractivity contribution >= 4 is 29.4 Å². The number of nitrogens with zero attached hydrogens (tertiary/aromatic N) is 4. The molecule has 1 fully saturated rings. The molecule has 7 nitrogen and oxygen atoms in total. The number of rotatable bonds is 5. The molecule has 0 saturated carbocycles. The number of thioether (sulfide) groups is 1. The van der Waals surface area contributed by atoms with Gasteiger partial charge in [-0.25, -0.2) is 9.97 Å². The molecule has 1 saturated heterocycles. The molecule has 2 amide bonds. The highest BCUT2D eigenvalue weighted by Gasteiger charge is 2.27. The predicted molar refractivity (Wildman–Crippen MR) is 106 cm³/mol. The maximum absolute atomic E-state index is 12.7. The van der Waals surface area contributed by atoms with Gasteiger partial charge in [0.2, 0.25) is 5.91 Å². The van der Waals surface area contributed by atoms with Crippen molar-refractivity contribution in [1.82, 2.24) is 20.2 Å². The fourth-order valence-corrected chi connectivity index (χ4v) is 3.58. The number of carbonyl (C=O) groups is 2. The Hall–Kier alpha value is -2.61. The van der Waals surface area contributed by atoms with Gasteiger partial charge in [-0.2, -0.15) is 0 Å². The van der Waals surface area contributed by atoms with Gasteiger partial charge in [0.15, 0.2) is 0 Å². The minimum absolute atomic E-state index is 0.0707. The first-order valence-electron chi connectivity index (χ1n) is 8.85. The molecule has 1 N–H and O–H groups in total. The lowest BCUT2D eigenvalue weighted by Gasteiger charge is -2.36. The van der Waals surface area contributed by atoms with Crippen LogP contribution in [0.1, 0.15) is 17.3 Å². The first-order valence-corrected chi connectivity index (χ1v) is 10.1. The number of piperazine rings is 1. The van der Waals surface area contributed by atoms with Crippen molar-refractivity contribution in [2.24, 2.45) is 0 Å². The average Bonchev–Trinajstić information content (AvgIpc) is 2.73. The number of aromatic nitrogens is 2. The molecule has 8 heteroatoms. The van der Waals surface area contributed by atoms with Gasteiger partial charge in [0.05, 0.1) is 5.56 Å². The van der Waals surface area contributed by atoms with E-state index in [4.69, 9.17) is 0 Å². The van der Waals surface area contributed by atoms with Crippen LogP contribution in [0.2, 0.25) is 0 Å². The van der Waals surface area contributed by atoms with Crippen LogP contribution in [0.15, 0.2) is 47.8 Å². The van der Waals surface area contributed by atoms with Crippen LogP contribution in [0.25, 0.3) is 0 Å². The lowest BCUT2D eigenvalue weighted by molar-refractivity contribution is -0.133. The molecule has 3 rings (SSSR count). The highest BCUT2D eigenvalue weighted by atomic mass is 32.2. The largest absolute Gasteiger partial charge is 0.353 e. The van der Waals surface area contributed by atoms with E-state index in [2.05, 4.69) is 20.2 Å². The molecule has 0 spiro atoms. The van der Waals surface area contributed by atoms with E-state index in [0.717, 1.165) is 18.9 Å². The second-order valence-electron chi connectivity index (χ2n) is 6.26. The molecule has 0 aliphatic carbocycles. The summed E-state index contributed by atoms with van der Waals surface area (Å²) >= 11 is 1.41. The van der Waals surface area contributed by atoms with Gasteiger partial charge >= 0.3 is 0 Å². The number of hydrogen-bond acceptors (Lipinski definition) is 6. The Kier molecular flexibility index (Phi) is 6.28. The van der Waals surface area contributed by atoms with E-state index in [-0.39, 0.29) is 11.8 Å². The van der Waals surface area contributed by atoms with Crippen LogP contribution in [0, 0.1) is 0 Å². The van der Waals surface area contributed by atoms with E-state index in [1.54, 1.807) is 36.4 Å². The third-order valence-electron chi connectivity index (χ3n) is 4.49. The molecule has 2 aromatic heterocycles. The standard InChI is InChI=1S/C19H23N5O2S/c1-14(22-17(25)15-6-5-9-21-18(15)27-2)19(26)24-12-10-23(11-13-24)16-7-3-4-8-20-16/h3-9,14H,10-13H2,1-2H3,(H,22,25)/t14-/m0/s1. The van der Waals surface area contributed by atoms with Gasteiger partial charge in [-0.1, -0.05) is 6.07 Å². The zero-order chi connectivity index (χ0) is 19.2. The molecule has 0 radical (unpaired) electrons. The van der Waals surface area contributed by atoms with Crippen molar-refractivity contribution in [2.75, 3.05) is 37.3 Å². The summed E-state index contributed by atoms with van der Waals surface area (Å²) in [6.07, 6.45) is 5.29. The second-order valence-corrected chi connectivity index (χ2v) is 7.05. The zero-order valence-electron chi connectivity index (χ0n) is 15.5. The van der Waals surface area contributed by atoms with Gasteiger partial charge in [-0.3, -0.25) is 9.59 Å². The molecule has 1 atom stereocenters. The summed E-state index contributed by atoms with van der Waals surface area (Å²) in [5.74, 6) is 0.575. The number of hydrogen-bond donors (Lipinski definition) is 1. The highest BCUT2D eigenvalue weighted by molar-refractivity contribution is 7.98. The molecule has 1 aliphatic heterocycles. The first kappa shape index (κ1) is 19.2. The number of pyridine rings is 2. The van der Waals surface area contributed by atoms with Crippen LogP contribution >= 0.6 is 11.8 Å². The van der Waals surface area contributed by atoms with Crippen molar-refractivity contribution in [3.05, 3.63) is 48.3 Å². The van der Waals surface area contributed by atoms with E-state index in [1.807, 2.05) is 24.5 Å². The molecule has 3 heterocycles. The van der Waals surface area contributed by atoms with Gasteiger partial charge in [0.25, 0.3) is 5.91 Å². The number of nitrogens with one attached hydrogen (secondary N) is 1. The Morgan fingerprint density at radius 2 is 1.81 bits per heavy atom. The summed E-state index contributed by atoms with van der Waals surface area (Å²) in [5.41, 5.74) is 0.490. The van der Waals surface area contributed by atoms with Crippen molar-refractivity contribution in [3.8, 4) is 0 Å². The Balaban J connectivity index is 1.56. The summed E-state index contributed by atoms with van der Waals surface area (Å²) in [5, 5.41) is 3.45. The highest BCUT2D eigenvalue weighted by Crippen LogP contribution is 2.17. The van der Waals surface area contributed by atoms with Crippen LogP contribution in [0.5, 0.6) is 0 Å². The molecule has 2 aromatic rings. The maximum atomic E-state index is 12.7. The fraction of sp³-hybridized carbons (Fsp3) is 0.368. The minimum atomic E-state index is -0.589. The molecular formula is C19H23N5O2S. The van der Waals surface area contributed by atoms with E-state index < -0.39 is 6.04 Å². The van der Waals surface area contributed by atoms with Crippen molar-refractivity contribution in [2.45, 2.75) is 18.0 Å². The average molecular weight is 385 g/mol. The van der Waals surface area contributed by atoms with Gasteiger partial charge in [0, 0.05) is 38.6 Å². The molecular weight excluding hydrogens is 362 g/mol. The molecule has 0 unspecified atom stereocenters. The van der Waals surface area contributed by atoms with Crippen LogP contribution < -0.4 is 10.2 Å². The van der Waals surface area contributed by atoms with E-state index >= 15 is 0 Å². The summed E-state index contributed by atoms with van der Waals surface area (Å²) in [6.45, 7) is 4.39. The molecule has 0 aromatic carbocycles. The smallest absolute Gasteiger partial charge is 0.254 e. The third kappa shape index (κ3) is 4.57. The van der Waals surface area contributed by atoms with Crippen LogP contribution in [-0.4, -0.2) is 65.2 Å². The van der Waals surface area contributed by atoms with Gasteiger partial charge in [0.1, 0.15) is 16.9 Å². The molecule has 1 aliphatic rings. The summed E-state index contributed by atoms with van der Waals surface area (Å²) in [4.78, 5) is 37.7. The Morgan fingerprint density at radius 1 is 1.07 bits per heavy atom.